The standard InChI is InChI=1S/C14H14O5/c1-7(15)10-4-9-5-13(19-8(2)16)12(18-3)6-11(9)14(10)17/h5-6,10H,4H2,1-3H3. The molecule has 0 radical (unpaired) electrons. The number of hydrogen-bond acceptors (Lipinski definition) is 5. The van der Waals surface area contributed by atoms with Crippen molar-refractivity contribution in [3.63, 3.8) is 0 Å². The van der Waals surface area contributed by atoms with Crippen molar-refractivity contribution in [2.75, 3.05) is 7.11 Å². The lowest BCUT2D eigenvalue weighted by Gasteiger charge is -2.09. The maximum absolute atomic E-state index is 12.1. The molecular formula is C14H14O5. The smallest absolute Gasteiger partial charge is 0.308 e. The van der Waals surface area contributed by atoms with Gasteiger partial charge in [0.25, 0.3) is 0 Å². The van der Waals surface area contributed by atoms with Gasteiger partial charge in [-0.15, -0.1) is 0 Å². The summed E-state index contributed by atoms with van der Waals surface area (Å²) in [5.41, 5.74) is 1.18. The van der Waals surface area contributed by atoms with Crippen molar-refractivity contribution in [3.8, 4) is 11.5 Å². The van der Waals surface area contributed by atoms with Crippen LogP contribution in [0.3, 0.4) is 0 Å². The minimum Gasteiger partial charge on any atom is -0.493 e. The van der Waals surface area contributed by atoms with E-state index in [-0.39, 0.29) is 17.3 Å². The van der Waals surface area contributed by atoms with Crippen LogP contribution in [0.25, 0.3) is 0 Å². The molecule has 0 aromatic heterocycles. The molecule has 5 heteroatoms. The lowest BCUT2D eigenvalue weighted by Crippen LogP contribution is -2.17. The number of carbonyl (C=O) groups excluding carboxylic acids is 3. The fourth-order valence-electron chi connectivity index (χ4n) is 2.22. The van der Waals surface area contributed by atoms with Crippen LogP contribution in [0, 0.1) is 5.92 Å². The largest absolute Gasteiger partial charge is 0.493 e. The predicted molar refractivity (Wildman–Crippen MR) is 66.5 cm³/mol. The highest BCUT2D eigenvalue weighted by Crippen LogP contribution is 2.37. The quantitative estimate of drug-likeness (QED) is 0.469. The molecule has 0 heterocycles. The van der Waals surface area contributed by atoms with Gasteiger partial charge < -0.3 is 9.47 Å². The third-order valence-corrected chi connectivity index (χ3v) is 3.14. The fraction of sp³-hybridized carbons (Fsp3) is 0.357. The SMILES string of the molecule is COc1cc2c(cc1OC(C)=O)CC(C(C)=O)C2=O. The second-order valence-corrected chi connectivity index (χ2v) is 4.49. The van der Waals surface area contributed by atoms with Gasteiger partial charge in [0.2, 0.25) is 0 Å². The van der Waals surface area contributed by atoms with Gasteiger partial charge in [0, 0.05) is 12.5 Å². The van der Waals surface area contributed by atoms with Crippen molar-refractivity contribution in [1.29, 1.82) is 0 Å². The second-order valence-electron chi connectivity index (χ2n) is 4.49. The summed E-state index contributed by atoms with van der Waals surface area (Å²) in [5, 5.41) is 0. The molecule has 1 aliphatic rings. The van der Waals surface area contributed by atoms with Crippen LogP contribution >= 0.6 is 0 Å². The molecule has 0 amide bonds. The van der Waals surface area contributed by atoms with E-state index in [4.69, 9.17) is 9.47 Å². The number of hydrogen-bond donors (Lipinski definition) is 0. The first-order valence-electron chi connectivity index (χ1n) is 5.88. The average molecular weight is 262 g/mol. The number of ketones is 2. The monoisotopic (exact) mass is 262 g/mol. The van der Waals surface area contributed by atoms with Crippen LogP contribution in [-0.4, -0.2) is 24.6 Å². The number of esters is 1. The molecule has 1 aromatic carbocycles. The number of benzene rings is 1. The molecule has 0 saturated carbocycles. The van der Waals surface area contributed by atoms with Gasteiger partial charge in [-0.2, -0.15) is 0 Å². The molecular weight excluding hydrogens is 248 g/mol. The lowest BCUT2D eigenvalue weighted by atomic mass is 10.0. The Morgan fingerprint density at radius 1 is 1.21 bits per heavy atom. The summed E-state index contributed by atoms with van der Waals surface area (Å²) in [6.45, 7) is 2.69. The first-order chi connectivity index (χ1) is 8.93. The fourth-order valence-corrected chi connectivity index (χ4v) is 2.22. The topological polar surface area (TPSA) is 69.7 Å². The number of Topliss-reactive ketones (excluding diaryl/α,β-unsaturated/α-hetero) is 2. The zero-order valence-corrected chi connectivity index (χ0v) is 11.0. The van der Waals surface area contributed by atoms with Gasteiger partial charge >= 0.3 is 5.97 Å². The highest BCUT2D eigenvalue weighted by Gasteiger charge is 2.35. The molecule has 100 valence electrons. The maximum atomic E-state index is 12.1. The summed E-state index contributed by atoms with van der Waals surface area (Å²) in [4.78, 5) is 34.5. The van der Waals surface area contributed by atoms with Crippen LogP contribution in [0.4, 0.5) is 0 Å². The molecule has 0 saturated heterocycles. The Hall–Kier alpha value is -2.17. The number of methoxy groups -OCH3 is 1. The van der Waals surface area contributed by atoms with Gasteiger partial charge in [0.1, 0.15) is 5.78 Å². The van der Waals surface area contributed by atoms with Crippen molar-refractivity contribution in [1.82, 2.24) is 0 Å². The summed E-state index contributed by atoms with van der Waals surface area (Å²) in [7, 11) is 1.43. The summed E-state index contributed by atoms with van der Waals surface area (Å²) in [5.74, 6) is -0.875. The number of rotatable bonds is 3. The molecule has 0 aliphatic heterocycles. The molecule has 1 atom stereocenters. The van der Waals surface area contributed by atoms with E-state index in [1.165, 1.54) is 27.0 Å². The molecule has 5 nitrogen and oxygen atoms in total. The van der Waals surface area contributed by atoms with E-state index in [9.17, 15) is 14.4 Å². The van der Waals surface area contributed by atoms with Gasteiger partial charge in [0.05, 0.1) is 13.0 Å². The van der Waals surface area contributed by atoms with Crippen molar-refractivity contribution < 1.29 is 23.9 Å². The van der Waals surface area contributed by atoms with Gasteiger partial charge in [-0.05, 0) is 31.0 Å². The Morgan fingerprint density at radius 2 is 1.89 bits per heavy atom. The average Bonchev–Trinajstić information content (AvgIpc) is 2.64. The highest BCUT2D eigenvalue weighted by molar-refractivity contribution is 6.13. The highest BCUT2D eigenvalue weighted by atomic mass is 16.6. The van der Waals surface area contributed by atoms with Crippen LogP contribution in [-0.2, 0) is 16.0 Å². The van der Waals surface area contributed by atoms with E-state index in [0.29, 0.717) is 23.3 Å². The third-order valence-electron chi connectivity index (χ3n) is 3.14. The van der Waals surface area contributed by atoms with Crippen LogP contribution in [0.15, 0.2) is 12.1 Å². The molecule has 1 unspecified atom stereocenters. The lowest BCUT2D eigenvalue weighted by molar-refractivity contribution is -0.132. The molecule has 1 aromatic rings. The minimum absolute atomic E-state index is 0.158. The number of fused-ring (bicyclic) bond motifs is 1. The zero-order chi connectivity index (χ0) is 14.2. The number of carbonyl (C=O) groups is 3. The van der Waals surface area contributed by atoms with Crippen LogP contribution in [0.5, 0.6) is 11.5 Å². The first-order valence-corrected chi connectivity index (χ1v) is 5.88. The maximum Gasteiger partial charge on any atom is 0.308 e. The molecule has 19 heavy (non-hydrogen) atoms. The van der Waals surface area contributed by atoms with E-state index < -0.39 is 11.9 Å². The molecule has 0 N–H and O–H groups in total. The van der Waals surface area contributed by atoms with Crippen LogP contribution < -0.4 is 9.47 Å². The normalized spacial score (nSPS) is 17.0. The van der Waals surface area contributed by atoms with Crippen LogP contribution in [0.1, 0.15) is 29.8 Å². The van der Waals surface area contributed by atoms with Gasteiger partial charge in [-0.1, -0.05) is 0 Å². The van der Waals surface area contributed by atoms with Gasteiger partial charge in [0.15, 0.2) is 17.3 Å². The summed E-state index contributed by atoms with van der Waals surface area (Å²) >= 11 is 0. The van der Waals surface area contributed by atoms with E-state index in [1.54, 1.807) is 6.07 Å². The first kappa shape index (κ1) is 13.3. The summed E-state index contributed by atoms with van der Waals surface area (Å²) < 4.78 is 10.1. The Kier molecular flexibility index (Phi) is 3.38. The van der Waals surface area contributed by atoms with Gasteiger partial charge in [-0.25, -0.2) is 0 Å². The van der Waals surface area contributed by atoms with Crippen molar-refractivity contribution >= 4 is 17.5 Å². The predicted octanol–water partition coefficient (Wildman–Crippen LogP) is 1.56. The van der Waals surface area contributed by atoms with E-state index >= 15 is 0 Å². The van der Waals surface area contributed by atoms with E-state index in [2.05, 4.69) is 0 Å². The van der Waals surface area contributed by atoms with Gasteiger partial charge in [-0.3, -0.25) is 14.4 Å². The van der Waals surface area contributed by atoms with Crippen LogP contribution in [0.2, 0.25) is 0 Å². The molecule has 0 fully saturated rings. The zero-order valence-electron chi connectivity index (χ0n) is 11.0. The Balaban J connectivity index is 2.46. The van der Waals surface area contributed by atoms with E-state index in [0.717, 1.165) is 0 Å². The third kappa shape index (κ3) is 2.36. The number of ether oxygens (including phenoxy) is 2. The van der Waals surface area contributed by atoms with Crippen molar-refractivity contribution in [2.45, 2.75) is 20.3 Å². The molecule has 1 aliphatic carbocycles. The molecule has 0 spiro atoms. The minimum atomic E-state index is -0.632. The summed E-state index contributed by atoms with van der Waals surface area (Å²) in [6.07, 6.45) is 0.349. The second kappa shape index (κ2) is 4.84. The van der Waals surface area contributed by atoms with Crippen molar-refractivity contribution in [2.24, 2.45) is 5.92 Å². The Labute approximate surface area is 110 Å². The molecule has 2 rings (SSSR count). The molecule has 0 bridgehead atoms. The Bertz CT molecular complexity index is 573. The Morgan fingerprint density at radius 3 is 2.42 bits per heavy atom. The van der Waals surface area contributed by atoms with Crippen molar-refractivity contribution in [3.05, 3.63) is 23.3 Å². The van der Waals surface area contributed by atoms with E-state index in [1.807, 2.05) is 0 Å². The summed E-state index contributed by atoms with van der Waals surface area (Å²) in [6, 6.07) is 3.12.